The fourth-order valence-corrected chi connectivity index (χ4v) is 2.48. The zero-order chi connectivity index (χ0) is 16.9. The molecular formula is C20H19NO3. The molecule has 0 saturated heterocycles. The smallest absolute Gasteiger partial charge is 0.265 e. The van der Waals surface area contributed by atoms with Crippen molar-refractivity contribution in [1.29, 1.82) is 0 Å². The van der Waals surface area contributed by atoms with Crippen LogP contribution < -0.4 is 14.8 Å². The van der Waals surface area contributed by atoms with Crippen LogP contribution in [-0.4, -0.2) is 19.1 Å². The first-order valence-electron chi connectivity index (χ1n) is 7.77. The van der Waals surface area contributed by atoms with Gasteiger partial charge < -0.3 is 14.8 Å². The minimum absolute atomic E-state index is 0.229. The Kier molecular flexibility index (Phi) is 4.66. The number of carbonyl (C=O) groups excluding carboxylic acids is 1. The Bertz CT molecular complexity index is 860. The van der Waals surface area contributed by atoms with Gasteiger partial charge in [-0.25, -0.2) is 0 Å². The van der Waals surface area contributed by atoms with E-state index in [1.165, 1.54) is 0 Å². The van der Waals surface area contributed by atoms with Crippen molar-refractivity contribution in [3.63, 3.8) is 0 Å². The van der Waals surface area contributed by atoms with Gasteiger partial charge in [0.25, 0.3) is 5.91 Å². The number of fused-ring (bicyclic) bond motifs is 1. The maximum Gasteiger partial charge on any atom is 0.265 e. The fourth-order valence-electron chi connectivity index (χ4n) is 2.48. The van der Waals surface area contributed by atoms with Gasteiger partial charge in [0.1, 0.15) is 11.5 Å². The van der Waals surface area contributed by atoms with Crippen LogP contribution in [-0.2, 0) is 4.79 Å². The van der Waals surface area contributed by atoms with Crippen LogP contribution in [0.15, 0.2) is 66.7 Å². The quantitative estimate of drug-likeness (QED) is 0.764. The Morgan fingerprint density at radius 2 is 1.67 bits per heavy atom. The molecule has 0 aliphatic carbocycles. The van der Waals surface area contributed by atoms with Crippen LogP contribution in [0.1, 0.15) is 6.92 Å². The molecule has 0 spiro atoms. The molecule has 1 N–H and O–H groups in total. The number of nitrogens with one attached hydrogen (secondary N) is 1. The van der Waals surface area contributed by atoms with Crippen molar-refractivity contribution in [3.05, 3.63) is 66.7 Å². The summed E-state index contributed by atoms with van der Waals surface area (Å²) >= 11 is 0. The summed E-state index contributed by atoms with van der Waals surface area (Å²) in [5.41, 5.74) is 0.624. The van der Waals surface area contributed by atoms with Gasteiger partial charge in [-0.3, -0.25) is 4.79 Å². The first-order chi connectivity index (χ1) is 11.7. The molecule has 1 atom stereocenters. The second-order valence-electron chi connectivity index (χ2n) is 5.46. The van der Waals surface area contributed by atoms with Crippen LogP contribution in [0.25, 0.3) is 10.8 Å². The minimum Gasteiger partial charge on any atom is -0.495 e. The highest BCUT2D eigenvalue weighted by Crippen LogP contribution is 2.24. The highest BCUT2D eigenvalue weighted by atomic mass is 16.5. The van der Waals surface area contributed by atoms with Crippen molar-refractivity contribution >= 4 is 22.4 Å². The predicted molar refractivity (Wildman–Crippen MR) is 95.7 cm³/mol. The van der Waals surface area contributed by atoms with Crippen LogP contribution in [0.4, 0.5) is 5.69 Å². The number of ether oxygens (including phenoxy) is 2. The number of benzene rings is 3. The standard InChI is InChI=1S/C20H19NO3/c1-14(20(22)21-18-9-5-6-10-19(18)23-2)24-17-12-11-15-7-3-4-8-16(15)13-17/h3-14H,1-2H3,(H,21,22)/t14-/m0/s1. The number of methoxy groups -OCH3 is 1. The third kappa shape index (κ3) is 3.49. The molecule has 24 heavy (non-hydrogen) atoms. The van der Waals surface area contributed by atoms with Gasteiger partial charge in [0.15, 0.2) is 6.10 Å². The van der Waals surface area contributed by atoms with Crippen molar-refractivity contribution < 1.29 is 14.3 Å². The normalized spacial score (nSPS) is 11.8. The average molecular weight is 321 g/mol. The highest BCUT2D eigenvalue weighted by molar-refractivity contribution is 5.95. The summed E-state index contributed by atoms with van der Waals surface area (Å²) in [6.07, 6.45) is -0.629. The topological polar surface area (TPSA) is 47.6 Å². The molecule has 1 amide bonds. The average Bonchev–Trinajstić information content (AvgIpc) is 2.62. The molecule has 0 aliphatic heterocycles. The highest BCUT2D eigenvalue weighted by Gasteiger charge is 2.16. The van der Waals surface area contributed by atoms with E-state index >= 15 is 0 Å². The maximum atomic E-state index is 12.4. The van der Waals surface area contributed by atoms with Gasteiger partial charge in [-0.1, -0.05) is 42.5 Å². The van der Waals surface area contributed by atoms with E-state index in [1.54, 1.807) is 26.2 Å². The van der Waals surface area contributed by atoms with E-state index in [0.717, 1.165) is 10.8 Å². The lowest BCUT2D eigenvalue weighted by molar-refractivity contribution is -0.122. The first kappa shape index (κ1) is 15.9. The van der Waals surface area contributed by atoms with Gasteiger partial charge in [0.05, 0.1) is 12.8 Å². The van der Waals surface area contributed by atoms with Crippen molar-refractivity contribution in [2.24, 2.45) is 0 Å². The van der Waals surface area contributed by atoms with E-state index in [4.69, 9.17) is 9.47 Å². The number of para-hydroxylation sites is 2. The van der Waals surface area contributed by atoms with E-state index in [1.807, 2.05) is 54.6 Å². The fraction of sp³-hybridized carbons (Fsp3) is 0.150. The Labute approximate surface area is 141 Å². The van der Waals surface area contributed by atoms with Crippen LogP contribution in [0.3, 0.4) is 0 Å². The molecule has 0 aromatic heterocycles. The number of hydrogen-bond acceptors (Lipinski definition) is 3. The summed E-state index contributed by atoms with van der Waals surface area (Å²) in [6, 6.07) is 21.1. The van der Waals surface area contributed by atoms with Gasteiger partial charge in [-0.2, -0.15) is 0 Å². The minimum atomic E-state index is -0.629. The lowest BCUT2D eigenvalue weighted by atomic mass is 10.1. The molecule has 0 heterocycles. The predicted octanol–water partition coefficient (Wildman–Crippen LogP) is 4.25. The van der Waals surface area contributed by atoms with Crippen molar-refractivity contribution in [3.8, 4) is 11.5 Å². The molecule has 0 aliphatic rings. The summed E-state index contributed by atoms with van der Waals surface area (Å²) in [4.78, 5) is 12.4. The number of rotatable bonds is 5. The van der Waals surface area contributed by atoms with E-state index in [9.17, 15) is 4.79 Å². The summed E-state index contributed by atoms with van der Waals surface area (Å²) in [7, 11) is 1.57. The Balaban J connectivity index is 1.71. The molecular weight excluding hydrogens is 302 g/mol. The lowest BCUT2D eigenvalue weighted by Crippen LogP contribution is -2.30. The van der Waals surface area contributed by atoms with Crippen LogP contribution in [0.5, 0.6) is 11.5 Å². The number of carbonyl (C=O) groups is 1. The van der Waals surface area contributed by atoms with Crippen LogP contribution in [0.2, 0.25) is 0 Å². The molecule has 0 saturated carbocycles. The van der Waals surface area contributed by atoms with Gasteiger partial charge in [-0.15, -0.1) is 0 Å². The van der Waals surface area contributed by atoms with E-state index in [0.29, 0.717) is 17.2 Å². The number of anilines is 1. The molecule has 0 unspecified atom stereocenters. The van der Waals surface area contributed by atoms with Crippen LogP contribution >= 0.6 is 0 Å². The molecule has 4 heteroatoms. The molecule has 0 bridgehead atoms. The van der Waals surface area contributed by atoms with Crippen molar-refractivity contribution in [2.75, 3.05) is 12.4 Å². The third-order valence-corrected chi connectivity index (χ3v) is 3.77. The molecule has 3 rings (SSSR count). The monoisotopic (exact) mass is 321 g/mol. The largest absolute Gasteiger partial charge is 0.495 e. The number of amides is 1. The van der Waals surface area contributed by atoms with E-state index in [2.05, 4.69) is 5.32 Å². The van der Waals surface area contributed by atoms with Crippen molar-refractivity contribution in [1.82, 2.24) is 0 Å². The molecule has 0 radical (unpaired) electrons. The van der Waals surface area contributed by atoms with Gasteiger partial charge in [0, 0.05) is 0 Å². The Morgan fingerprint density at radius 1 is 0.958 bits per heavy atom. The van der Waals surface area contributed by atoms with Gasteiger partial charge in [-0.05, 0) is 42.0 Å². The molecule has 0 fully saturated rings. The molecule has 3 aromatic rings. The Hall–Kier alpha value is -3.01. The molecule has 3 aromatic carbocycles. The summed E-state index contributed by atoms with van der Waals surface area (Å²) in [6.45, 7) is 1.72. The van der Waals surface area contributed by atoms with Gasteiger partial charge >= 0.3 is 0 Å². The summed E-state index contributed by atoms with van der Waals surface area (Å²) in [5, 5.41) is 5.04. The summed E-state index contributed by atoms with van der Waals surface area (Å²) in [5.74, 6) is 1.05. The SMILES string of the molecule is COc1ccccc1NC(=O)[C@H](C)Oc1ccc2ccccc2c1. The van der Waals surface area contributed by atoms with E-state index < -0.39 is 6.10 Å². The molecule has 122 valence electrons. The van der Waals surface area contributed by atoms with E-state index in [-0.39, 0.29) is 5.91 Å². The zero-order valence-corrected chi connectivity index (χ0v) is 13.7. The van der Waals surface area contributed by atoms with Crippen molar-refractivity contribution in [2.45, 2.75) is 13.0 Å². The zero-order valence-electron chi connectivity index (χ0n) is 13.7. The second-order valence-corrected chi connectivity index (χ2v) is 5.46. The lowest BCUT2D eigenvalue weighted by Gasteiger charge is -2.16. The summed E-state index contributed by atoms with van der Waals surface area (Å²) < 4.78 is 11.0. The van der Waals surface area contributed by atoms with Crippen LogP contribution in [0, 0.1) is 0 Å². The Morgan fingerprint density at radius 3 is 2.46 bits per heavy atom. The van der Waals surface area contributed by atoms with Gasteiger partial charge in [0.2, 0.25) is 0 Å². The third-order valence-electron chi connectivity index (χ3n) is 3.77. The first-order valence-corrected chi connectivity index (χ1v) is 7.77. The molecule has 4 nitrogen and oxygen atoms in total. The number of hydrogen-bond donors (Lipinski definition) is 1. The maximum absolute atomic E-state index is 12.4. The second kappa shape index (κ2) is 7.04.